The zero-order valence-electron chi connectivity index (χ0n) is 18.8. The smallest absolute Gasteiger partial charge is 0.247 e. The third kappa shape index (κ3) is 4.34. The third-order valence-electron chi connectivity index (χ3n) is 6.04. The van der Waals surface area contributed by atoms with Gasteiger partial charge in [0.1, 0.15) is 25.6 Å². The van der Waals surface area contributed by atoms with Crippen LogP contribution in [0.5, 0.6) is 17.2 Å². The minimum absolute atomic E-state index is 0.495. The van der Waals surface area contributed by atoms with Crippen LogP contribution in [0.4, 0.5) is 11.6 Å². The summed E-state index contributed by atoms with van der Waals surface area (Å²) in [6.07, 6.45) is 4.33. The van der Waals surface area contributed by atoms with Crippen LogP contribution in [0.15, 0.2) is 54.7 Å². The predicted octanol–water partition coefficient (Wildman–Crippen LogP) is 3.78. The normalized spacial score (nSPS) is 15.5. The molecule has 0 amide bonds. The highest BCUT2D eigenvalue weighted by molar-refractivity contribution is 5.65. The Kier molecular flexibility index (Phi) is 5.60. The molecule has 9 heteroatoms. The van der Waals surface area contributed by atoms with Crippen molar-refractivity contribution in [2.75, 3.05) is 44.8 Å². The first kappa shape index (κ1) is 20.7. The van der Waals surface area contributed by atoms with E-state index in [9.17, 15) is 0 Å². The summed E-state index contributed by atoms with van der Waals surface area (Å²) in [6, 6.07) is 15.5. The summed E-state index contributed by atoms with van der Waals surface area (Å²) in [5.41, 5.74) is 2.46. The molecular formula is C25H26N6O3. The van der Waals surface area contributed by atoms with E-state index in [1.54, 1.807) is 10.7 Å². The van der Waals surface area contributed by atoms with Gasteiger partial charge < -0.3 is 19.5 Å². The van der Waals surface area contributed by atoms with Gasteiger partial charge in [-0.15, -0.1) is 5.10 Å². The lowest BCUT2D eigenvalue weighted by Gasteiger charge is -2.18. The second-order valence-electron chi connectivity index (χ2n) is 8.38. The van der Waals surface area contributed by atoms with E-state index in [1.165, 1.54) is 25.9 Å². The lowest BCUT2D eigenvalue weighted by Crippen LogP contribution is -2.25. The Balaban J connectivity index is 1.16. The van der Waals surface area contributed by atoms with Crippen molar-refractivity contribution in [2.45, 2.75) is 12.8 Å². The van der Waals surface area contributed by atoms with E-state index in [-0.39, 0.29) is 0 Å². The maximum atomic E-state index is 5.89. The molecule has 0 saturated carbocycles. The van der Waals surface area contributed by atoms with E-state index >= 15 is 0 Å². The van der Waals surface area contributed by atoms with Gasteiger partial charge in [0.2, 0.25) is 5.95 Å². The number of nitrogens with zero attached hydrogens (tertiary/aromatic N) is 5. The van der Waals surface area contributed by atoms with Crippen LogP contribution in [0.25, 0.3) is 17.0 Å². The molecule has 2 aromatic carbocycles. The summed E-state index contributed by atoms with van der Waals surface area (Å²) >= 11 is 0. The lowest BCUT2D eigenvalue weighted by atomic mass is 10.2. The fraction of sp³-hybridized carbons (Fsp3) is 0.320. The van der Waals surface area contributed by atoms with Crippen molar-refractivity contribution in [1.82, 2.24) is 24.5 Å². The Morgan fingerprint density at radius 3 is 2.62 bits per heavy atom. The molecule has 174 valence electrons. The lowest BCUT2D eigenvalue weighted by molar-refractivity contribution is 0.171. The topological polar surface area (TPSA) is 86.0 Å². The molecular weight excluding hydrogens is 432 g/mol. The fourth-order valence-corrected chi connectivity index (χ4v) is 4.31. The van der Waals surface area contributed by atoms with Crippen molar-refractivity contribution >= 4 is 17.3 Å². The van der Waals surface area contributed by atoms with E-state index < -0.39 is 0 Å². The number of anilines is 2. The van der Waals surface area contributed by atoms with Crippen LogP contribution in [-0.2, 0) is 0 Å². The number of aromatic nitrogens is 4. The van der Waals surface area contributed by atoms with E-state index in [0.29, 0.717) is 43.0 Å². The van der Waals surface area contributed by atoms with Gasteiger partial charge in [0.25, 0.3) is 0 Å². The highest BCUT2D eigenvalue weighted by atomic mass is 16.6. The second-order valence-corrected chi connectivity index (χ2v) is 8.38. The van der Waals surface area contributed by atoms with Crippen molar-refractivity contribution in [3.05, 3.63) is 54.7 Å². The molecule has 2 aliphatic rings. The quantitative estimate of drug-likeness (QED) is 0.448. The highest BCUT2D eigenvalue weighted by Gasteiger charge is 2.16. The SMILES string of the molecule is c1cc2nc(Nc3ccc(OCCN4CCCC4)cc3)nn2c(-c2ccc3c(c2)OCCO3)n1. The van der Waals surface area contributed by atoms with Gasteiger partial charge in [0.15, 0.2) is 23.0 Å². The van der Waals surface area contributed by atoms with Crippen LogP contribution in [0.2, 0.25) is 0 Å². The minimum atomic E-state index is 0.495. The van der Waals surface area contributed by atoms with Crippen molar-refractivity contribution in [1.29, 1.82) is 0 Å². The minimum Gasteiger partial charge on any atom is -0.492 e. The van der Waals surface area contributed by atoms with Gasteiger partial charge in [0.05, 0.1) is 0 Å². The average molecular weight is 459 g/mol. The molecule has 1 N–H and O–H groups in total. The summed E-state index contributed by atoms with van der Waals surface area (Å²) < 4.78 is 19.0. The van der Waals surface area contributed by atoms with E-state index in [0.717, 1.165) is 29.3 Å². The molecule has 4 heterocycles. The fourth-order valence-electron chi connectivity index (χ4n) is 4.31. The Hall–Kier alpha value is -3.85. The van der Waals surface area contributed by atoms with Gasteiger partial charge in [-0.1, -0.05) is 0 Å². The number of benzene rings is 2. The van der Waals surface area contributed by atoms with Crippen LogP contribution < -0.4 is 19.5 Å². The van der Waals surface area contributed by atoms with Gasteiger partial charge in [-0.3, -0.25) is 4.90 Å². The summed E-state index contributed by atoms with van der Waals surface area (Å²) in [4.78, 5) is 11.6. The summed E-state index contributed by atoms with van der Waals surface area (Å²) in [5.74, 6) is 3.49. The molecule has 4 aromatic rings. The van der Waals surface area contributed by atoms with Gasteiger partial charge in [-0.2, -0.15) is 9.50 Å². The molecule has 0 aliphatic carbocycles. The summed E-state index contributed by atoms with van der Waals surface area (Å²) in [5, 5.41) is 7.91. The molecule has 2 aromatic heterocycles. The summed E-state index contributed by atoms with van der Waals surface area (Å²) in [7, 11) is 0. The average Bonchev–Trinajstić information content (AvgIpc) is 3.54. The Morgan fingerprint density at radius 2 is 1.76 bits per heavy atom. The predicted molar refractivity (Wildman–Crippen MR) is 128 cm³/mol. The molecule has 6 rings (SSSR count). The van der Waals surface area contributed by atoms with Crippen LogP contribution >= 0.6 is 0 Å². The van der Waals surface area contributed by atoms with Gasteiger partial charge in [-0.05, 0) is 68.4 Å². The highest BCUT2D eigenvalue weighted by Crippen LogP contribution is 2.34. The molecule has 2 aliphatic heterocycles. The van der Waals surface area contributed by atoms with Crippen molar-refractivity contribution < 1.29 is 14.2 Å². The Morgan fingerprint density at radius 1 is 0.941 bits per heavy atom. The first-order valence-corrected chi connectivity index (χ1v) is 11.7. The molecule has 1 fully saturated rings. The van der Waals surface area contributed by atoms with Crippen LogP contribution in [0, 0.1) is 0 Å². The van der Waals surface area contributed by atoms with Crippen molar-refractivity contribution in [3.63, 3.8) is 0 Å². The zero-order chi connectivity index (χ0) is 22.7. The Bertz CT molecular complexity index is 1280. The van der Waals surface area contributed by atoms with Gasteiger partial charge >= 0.3 is 0 Å². The number of fused-ring (bicyclic) bond motifs is 2. The van der Waals surface area contributed by atoms with Crippen LogP contribution in [-0.4, -0.2) is 63.9 Å². The third-order valence-corrected chi connectivity index (χ3v) is 6.04. The monoisotopic (exact) mass is 458 g/mol. The first-order chi connectivity index (χ1) is 16.8. The molecule has 1 saturated heterocycles. The maximum Gasteiger partial charge on any atom is 0.247 e. The zero-order valence-corrected chi connectivity index (χ0v) is 18.8. The summed E-state index contributed by atoms with van der Waals surface area (Å²) in [6.45, 7) is 5.15. The van der Waals surface area contributed by atoms with Crippen LogP contribution in [0.1, 0.15) is 12.8 Å². The van der Waals surface area contributed by atoms with Crippen LogP contribution in [0.3, 0.4) is 0 Å². The molecule has 0 radical (unpaired) electrons. The van der Waals surface area contributed by atoms with E-state index in [2.05, 4.69) is 25.3 Å². The first-order valence-electron chi connectivity index (χ1n) is 11.7. The second kappa shape index (κ2) is 9.18. The standard InChI is InChI=1S/C25H26N6O3/c1-2-12-30(11-1)13-14-32-20-6-4-19(5-7-20)27-25-28-23-9-10-26-24(31(23)29-25)18-3-8-21-22(17-18)34-16-15-33-21/h3-10,17H,1-2,11-16H2,(H,27,29). The van der Waals surface area contributed by atoms with E-state index in [4.69, 9.17) is 14.2 Å². The van der Waals surface area contributed by atoms with Crippen molar-refractivity contribution in [3.8, 4) is 28.6 Å². The number of hydrogen-bond donors (Lipinski definition) is 1. The van der Waals surface area contributed by atoms with Gasteiger partial charge in [-0.25, -0.2) is 4.98 Å². The van der Waals surface area contributed by atoms with Crippen molar-refractivity contribution in [2.24, 2.45) is 0 Å². The van der Waals surface area contributed by atoms with E-state index in [1.807, 2.05) is 48.5 Å². The number of hydrogen-bond acceptors (Lipinski definition) is 8. The molecule has 0 atom stereocenters. The molecule has 9 nitrogen and oxygen atoms in total. The number of rotatable bonds is 7. The number of ether oxygens (including phenoxy) is 3. The maximum absolute atomic E-state index is 5.89. The molecule has 0 spiro atoms. The van der Waals surface area contributed by atoms with Gasteiger partial charge in [0, 0.05) is 30.1 Å². The molecule has 0 bridgehead atoms. The Labute approximate surface area is 197 Å². The number of likely N-dealkylation sites (tertiary alicyclic amines) is 1. The largest absolute Gasteiger partial charge is 0.492 e. The molecule has 34 heavy (non-hydrogen) atoms. The number of nitrogens with one attached hydrogen (secondary N) is 1. The molecule has 0 unspecified atom stereocenters.